The molecule has 3 aromatic rings. The van der Waals surface area contributed by atoms with Crippen LogP contribution >= 0.6 is 11.6 Å². The third-order valence-electron chi connectivity index (χ3n) is 5.53. The lowest BCUT2D eigenvalue weighted by molar-refractivity contribution is 0.104. The van der Waals surface area contributed by atoms with Crippen molar-refractivity contribution in [1.82, 2.24) is 0 Å². The first kappa shape index (κ1) is 26.7. The Labute approximate surface area is 216 Å². The minimum atomic E-state index is -0.131. The molecule has 0 aliphatic rings. The van der Waals surface area contributed by atoms with Crippen LogP contribution in [0.15, 0.2) is 60.7 Å². The molecule has 0 radical (unpaired) electrons. The molecule has 0 heterocycles. The Hall–Kier alpha value is -3.90. The number of methoxy groups -OCH3 is 5. The van der Waals surface area contributed by atoms with Gasteiger partial charge in [-0.05, 0) is 54.0 Å². The second-order valence-electron chi connectivity index (χ2n) is 7.64. The lowest BCUT2D eigenvalue weighted by atomic mass is 10.00. The Morgan fingerprint density at radius 1 is 0.778 bits per heavy atom. The van der Waals surface area contributed by atoms with Gasteiger partial charge in [0.05, 0.1) is 35.5 Å². The monoisotopic (exact) mass is 508 g/mol. The summed E-state index contributed by atoms with van der Waals surface area (Å²) in [4.78, 5) is 12.6. The fourth-order valence-electron chi connectivity index (χ4n) is 3.78. The number of benzene rings is 3. The van der Waals surface area contributed by atoms with Gasteiger partial charge in [0.15, 0.2) is 28.8 Å². The van der Waals surface area contributed by atoms with Gasteiger partial charge in [0.25, 0.3) is 0 Å². The summed E-state index contributed by atoms with van der Waals surface area (Å²) in [5.41, 5.74) is 3.16. The minimum Gasteiger partial charge on any atom is -0.493 e. The van der Waals surface area contributed by atoms with Crippen LogP contribution in [0.3, 0.4) is 0 Å². The minimum absolute atomic E-state index is 0.131. The van der Waals surface area contributed by atoms with Crippen LogP contribution in [0.4, 0.5) is 0 Å². The van der Waals surface area contributed by atoms with Crippen molar-refractivity contribution in [2.24, 2.45) is 0 Å². The van der Waals surface area contributed by atoms with Gasteiger partial charge in [0, 0.05) is 16.1 Å². The average Bonchev–Trinajstić information content (AvgIpc) is 2.90. The van der Waals surface area contributed by atoms with Crippen molar-refractivity contribution in [2.75, 3.05) is 35.5 Å². The van der Waals surface area contributed by atoms with E-state index in [9.17, 15) is 4.79 Å². The van der Waals surface area contributed by atoms with Crippen LogP contribution in [0.25, 0.3) is 12.2 Å². The van der Waals surface area contributed by atoms with E-state index in [2.05, 4.69) is 0 Å². The van der Waals surface area contributed by atoms with Crippen LogP contribution in [-0.4, -0.2) is 41.3 Å². The van der Waals surface area contributed by atoms with E-state index in [0.717, 1.165) is 16.7 Å². The molecule has 0 saturated heterocycles. The normalized spacial score (nSPS) is 11.1. The second kappa shape index (κ2) is 12.7. The summed E-state index contributed by atoms with van der Waals surface area (Å²) in [6, 6.07) is 14.4. The Morgan fingerprint density at radius 2 is 1.44 bits per heavy atom. The topological polar surface area (TPSA) is 63.2 Å². The lowest BCUT2D eigenvalue weighted by Crippen LogP contribution is -1.99. The number of rotatable bonds is 11. The number of hydrogen-bond donors (Lipinski definition) is 0. The summed E-state index contributed by atoms with van der Waals surface area (Å²) < 4.78 is 27.5. The zero-order chi connectivity index (χ0) is 26.1. The van der Waals surface area contributed by atoms with Crippen LogP contribution in [0.5, 0.6) is 28.7 Å². The molecular weight excluding hydrogens is 480 g/mol. The zero-order valence-electron chi connectivity index (χ0n) is 21.0. The number of carbonyl (C=O) groups excluding carboxylic acids is 1. The quantitative estimate of drug-likeness (QED) is 0.166. The van der Waals surface area contributed by atoms with Gasteiger partial charge in [-0.15, -0.1) is 0 Å². The molecule has 6 nitrogen and oxygen atoms in total. The summed E-state index contributed by atoms with van der Waals surface area (Å²) in [6.45, 7) is 0. The Morgan fingerprint density at radius 3 is 2.03 bits per heavy atom. The molecule has 0 unspecified atom stereocenters. The molecule has 0 N–H and O–H groups in total. The van der Waals surface area contributed by atoms with E-state index >= 15 is 0 Å². The van der Waals surface area contributed by atoms with E-state index in [-0.39, 0.29) is 5.78 Å². The zero-order valence-corrected chi connectivity index (χ0v) is 21.7. The van der Waals surface area contributed by atoms with Crippen molar-refractivity contribution in [3.05, 3.63) is 88.0 Å². The summed E-state index contributed by atoms with van der Waals surface area (Å²) in [5.74, 6) is 2.72. The van der Waals surface area contributed by atoms with Crippen molar-refractivity contribution < 1.29 is 28.5 Å². The number of hydrogen-bond acceptors (Lipinski definition) is 6. The highest BCUT2D eigenvalue weighted by molar-refractivity contribution is 6.31. The molecule has 3 rings (SSSR count). The third kappa shape index (κ3) is 6.20. The highest BCUT2D eigenvalue weighted by Crippen LogP contribution is 2.39. The second-order valence-corrected chi connectivity index (χ2v) is 8.08. The Bertz CT molecular complexity index is 1250. The van der Waals surface area contributed by atoms with Crippen molar-refractivity contribution in [2.45, 2.75) is 6.42 Å². The molecule has 0 aromatic heterocycles. The predicted octanol–water partition coefficient (Wildman–Crippen LogP) is 6.54. The molecule has 0 spiro atoms. The van der Waals surface area contributed by atoms with Crippen LogP contribution in [0, 0.1) is 0 Å². The third-order valence-corrected chi connectivity index (χ3v) is 5.76. The van der Waals surface area contributed by atoms with Gasteiger partial charge in [-0.3, -0.25) is 4.79 Å². The number of ether oxygens (including phenoxy) is 5. The smallest absolute Gasteiger partial charge is 0.203 e. The molecule has 0 atom stereocenters. The van der Waals surface area contributed by atoms with Crippen molar-refractivity contribution >= 4 is 29.5 Å². The molecule has 188 valence electrons. The molecule has 0 saturated carbocycles. The van der Waals surface area contributed by atoms with E-state index in [4.69, 9.17) is 35.3 Å². The molecule has 0 bridgehead atoms. The fourth-order valence-corrected chi connectivity index (χ4v) is 3.97. The van der Waals surface area contributed by atoms with Crippen LogP contribution in [0.1, 0.15) is 27.0 Å². The van der Waals surface area contributed by atoms with Crippen LogP contribution in [0.2, 0.25) is 5.02 Å². The molecule has 0 amide bonds. The fraction of sp³-hybridized carbons (Fsp3) is 0.207. The SMILES string of the molecule is COc1cc(/C=C\c2ccc(OC)c(OC)c2C/C=C\C(=O)c2cccc(Cl)c2)cc(OC)c1OC. The van der Waals surface area contributed by atoms with Crippen molar-refractivity contribution in [1.29, 1.82) is 0 Å². The van der Waals surface area contributed by atoms with Crippen molar-refractivity contribution in [3.63, 3.8) is 0 Å². The first-order valence-electron chi connectivity index (χ1n) is 11.1. The van der Waals surface area contributed by atoms with E-state index in [0.29, 0.717) is 45.8 Å². The number of ketones is 1. The maximum absolute atomic E-state index is 12.6. The largest absolute Gasteiger partial charge is 0.493 e. The molecule has 0 fully saturated rings. The number of halogens is 1. The Balaban J connectivity index is 1.96. The van der Waals surface area contributed by atoms with E-state index < -0.39 is 0 Å². The molecule has 0 aliphatic carbocycles. The average molecular weight is 509 g/mol. The van der Waals surface area contributed by atoms with Gasteiger partial charge >= 0.3 is 0 Å². The summed E-state index contributed by atoms with van der Waals surface area (Å²) in [5, 5.41) is 0.517. The van der Waals surface area contributed by atoms with Crippen LogP contribution in [-0.2, 0) is 6.42 Å². The molecule has 3 aromatic carbocycles. The van der Waals surface area contributed by atoms with E-state index in [1.807, 2.05) is 36.4 Å². The maximum atomic E-state index is 12.6. The predicted molar refractivity (Wildman–Crippen MR) is 143 cm³/mol. The van der Waals surface area contributed by atoms with Gasteiger partial charge in [0.1, 0.15) is 0 Å². The summed E-state index contributed by atoms with van der Waals surface area (Å²) >= 11 is 6.02. The summed E-state index contributed by atoms with van der Waals surface area (Å²) in [7, 11) is 7.90. The van der Waals surface area contributed by atoms with Crippen molar-refractivity contribution in [3.8, 4) is 28.7 Å². The van der Waals surface area contributed by atoms with Gasteiger partial charge in [-0.2, -0.15) is 0 Å². The van der Waals surface area contributed by atoms with Gasteiger partial charge in [-0.1, -0.05) is 48.0 Å². The Kier molecular flexibility index (Phi) is 9.42. The highest BCUT2D eigenvalue weighted by Gasteiger charge is 2.15. The molecule has 7 heteroatoms. The number of carbonyl (C=O) groups is 1. The van der Waals surface area contributed by atoms with Gasteiger partial charge < -0.3 is 23.7 Å². The lowest BCUT2D eigenvalue weighted by Gasteiger charge is -2.15. The molecule has 0 aliphatic heterocycles. The first-order valence-corrected chi connectivity index (χ1v) is 11.5. The maximum Gasteiger partial charge on any atom is 0.203 e. The first-order chi connectivity index (χ1) is 17.4. The van der Waals surface area contributed by atoms with E-state index in [1.165, 1.54) is 6.08 Å². The van der Waals surface area contributed by atoms with Gasteiger partial charge in [-0.25, -0.2) is 0 Å². The van der Waals surface area contributed by atoms with Gasteiger partial charge in [0.2, 0.25) is 5.75 Å². The summed E-state index contributed by atoms with van der Waals surface area (Å²) in [6.07, 6.45) is 7.69. The van der Waals surface area contributed by atoms with E-state index in [1.54, 1.807) is 65.9 Å². The van der Waals surface area contributed by atoms with Crippen LogP contribution < -0.4 is 23.7 Å². The molecule has 36 heavy (non-hydrogen) atoms. The number of allylic oxidation sites excluding steroid dienone is 2. The standard InChI is InChI=1S/C29H29ClO6/c1-32-25-15-14-20(13-12-19-16-26(33-2)29(36-5)27(17-19)34-3)23(28(25)35-4)10-7-11-24(31)21-8-6-9-22(30)18-21/h6-9,11-18H,10H2,1-5H3/b11-7-,13-12-. The highest BCUT2D eigenvalue weighted by atomic mass is 35.5. The molecular formula is C29H29ClO6.